The maximum atomic E-state index is 12.9. The van der Waals surface area contributed by atoms with Gasteiger partial charge in [-0.3, -0.25) is 9.69 Å². The Morgan fingerprint density at radius 1 is 0.889 bits per heavy atom. The first-order valence-electron chi connectivity index (χ1n) is 8.55. The molecule has 4 rings (SSSR count). The lowest BCUT2D eigenvalue weighted by molar-refractivity contribution is -0.111. The van der Waals surface area contributed by atoms with Gasteiger partial charge < -0.3 is 0 Å². The molecule has 0 radical (unpaired) electrons. The molecule has 132 valence electrons. The van der Waals surface area contributed by atoms with Crippen molar-refractivity contribution in [2.75, 3.05) is 4.90 Å². The van der Waals surface area contributed by atoms with Crippen LogP contribution in [0.2, 0.25) is 0 Å². The zero-order chi connectivity index (χ0) is 18.6. The highest BCUT2D eigenvalue weighted by molar-refractivity contribution is 7.99. The molecule has 0 atom stereocenters. The number of rotatable bonds is 3. The normalized spacial score (nSPS) is 13.0. The topological polar surface area (TPSA) is 45.0 Å². The molecule has 4 nitrogen and oxygen atoms in total. The third-order valence-electron chi connectivity index (χ3n) is 4.14. The van der Waals surface area contributed by atoms with Crippen LogP contribution in [0.3, 0.4) is 0 Å². The van der Waals surface area contributed by atoms with Crippen molar-refractivity contribution in [3.63, 3.8) is 0 Å². The van der Waals surface area contributed by atoms with Gasteiger partial charge in [-0.15, -0.1) is 0 Å². The van der Waals surface area contributed by atoms with E-state index in [9.17, 15) is 4.79 Å². The molecule has 3 aromatic carbocycles. The maximum Gasteiger partial charge on any atom is 0.275 e. The molecule has 0 aliphatic carbocycles. The lowest BCUT2D eigenvalue weighted by atomic mass is 10.2. The van der Waals surface area contributed by atoms with Crippen LogP contribution < -0.4 is 4.90 Å². The van der Waals surface area contributed by atoms with Gasteiger partial charge in [-0.25, -0.2) is 0 Å². The van der Waals surface area contributed by atoms with Crippen LogP contribution in [0.5, 0.6) is 0 Å². The van der Waals surface area contributed by atoms with Crippen LogP contribution in [0.1, 0.15) is 11.1 Å². The second-order valence-electron chi connectivity index (χ2n) is 6.11. The van der Waals surface area contributed by atoms with Crippen LogP contribution >= 0.6 is 11.8 Å². The van der Waals surface area contributed by atoms with Gasteiger partial charge in [-0.05, 0) is 36.8 Å². The average Bonchev–Trinajstić information content (AvgIpc) is 2.69. The first-order valence-corrected chi connectivity index (χ1v) is 9.37. The second-order valence-corrected chi connectivity index (χ2v) is 7.20. The van der Waals surface area contributed by atoms with E-state index in [2.05, 4.69) is 10.2 Å². The summed E-state index contributed by atoms with van der Waals surface area (Å²) >= 11 is 1.66. The van der Waals surface area contributed by atoms with E-state index >= 15 is 0 Å². The summed E-state index contributed by atoms with van der Waals surface area (Å²) in [5.41, 5.74) is 3.82. The van der Waals surface area contributed by atoms with E-state index in [1.54, 1.807) is 22.9 Å². The molecule has 0 fully saturated rings. The number of hydrogen-bond acceptors (Lipinski definition) is 4. The molecule has 0 N–H and O–H groups in total. The molecule has 0 saturated carbocycles. The van der Waals surface area contributed by atoms with Crippen LogP contribution in [0, 0.1) is 6.92 Å². The van der Waals surface area contributed by atoms with E-state index in [0.29, 0.717) is 0 Å². The summed E-state index contributed by atoms with van der Waals surface area (Å²) in [5, 5.41) is 7.98. The standard InChI is InChI=1S/C22H17N3OS/c1-16-7-6-8-17(13-16)14-23-24-15-22(26)25-18-9-2-4-11-20(18)27-21-12-5-3-10-19(21)25/h2-15H,1H3/b23-14+,24-15+. The molecule has 1 heterocycles. The Labute approximate surface area is 162 Å². The monoisotopic (exact) mass is 371 g/mol. The number of hydrogen-bond donors (Lipinski definition) is 0. The summed E-state index contributed by atoms with van der Waals surface area (Å²) in [6.07, 6.45) is 2.90. The van der Waals surface area contributed by atoms with Gasteiger partial charge >= 0.3 is 0 Å². The lowest BCUT2D eigenvalue weighted by Crippen LogP contribution is -2.29. The minimum absolute atomic E-state index is 0.225. The van der Waals surface area contributed by atoms with Gasteiger partial charge in [0.15, 0.2) is 0 Å². The Balaban J connectivity index is 1.60. The summed E-state index contributed by atoms with van der Waals surface area (Å²) in [5.74, 6) is -0.225. The minimum Gasteiger partial charge on any atom is -0.274 e. The SMILES string of the molecule is Cc1cccc(/C=N/N=C/C(=O)N2c3ccccc3Sc3ccccc32)c1. The Hall–Kier alpha value is -3.18. The number of fused-ring (bicyclic) bond motifs is 2. The zero-order valence-electron chi connectivity index (χ0n) is 14.7. The summed E-state index contributed by atoms with van der Waals surface area (Å²) in [6, 6.07) is 23.7. The Morgan fingerprint density at radius 3 is 2.22 bits per heavy atom. The van der Waals surface area contributed by atoms with Gasteiger partial charge in [0.05, 0.1) is 17.6 Å². The van der Waals surface area contributed by atoms with E-state index in [4.69, 9.17) is 0 Å². The Kier molecular flexibility index (Phi) is 4.85. The average molecular weight is 371 g/mol. The van der Waals surface area contributed by atoms with Gasteiger partial charge in [-0.2, -0.15) is 10.2 Å². The van der Waals surface area contributed by atoms with Crippen molar-refractivity contribution in [1.82, 2.24) is 0 Å². The lowest BCUT2D eigenvalue weighted by Gasteiger charge is -2.29. The number of benzene rings is 3. The number of nitrogens with zero attached hydrogens (tertiary/aromatic N) is 3. The summed E-state index contributed by atoms with van der Waals surface area (Å²) in [7, 11) is 0. The van der Waals surface area contributed by atoms with Crippen molar-refractivity contribution in [1.29, 1.82) is 0 Å². The number of carbonyl (C=O) groups excluding carboxylic acids is 1. The van der Waals surface area contributed by atoms with E-state index in [1.165, 1.54) is 6.21 Å². The van der Waals surface area contributed by atoms with Gasteiger partial charge in [0.1, 0.15) is 6.21 Å². The molecule has 1 amide bonds. The predicted octanol–water partition coefficient (Wildman–Crippen LogP) is 5.23. The summed E-state index contributed by atoms with van der Waals surface area (Å²) in [4.78, 5) is 16.7. The summed E-state index contributed by atoms with van der Waals surface area (Å²) in [6.45, 7) is 2.02. The predicted molar refractivity (Wildman–Crippen MR) is 111 cm³/mol. The minimum atomic E-state index is -0.225. The van der Waals surface area contributed by atoms with Gasteiger partial charge in [0.25, 0.3) is 5.91 Å². The molecule has 1 aliphatic rings. The smallest absolute Gasteiger partial charge is 0.274 e. The highest BCUT2D eigenvalue weighted by Crippen LogP contribution is 2.47. The quantitative estimate of drug-likeness (QED) is 0.467. The molecular formula is C22H17N3OS. The maximum absolute atomic E-state index is 12.9. The fourth-order valence-electron chi connectivity index (χ4n) is 2.93. The highest BCUT2D eigenvalue weighted by atomic mass is 32.2. The molecule has 3 aromatic rings. The molecule has 0 aromatic heterocycles. The van der Waals surface area contributed by atoms with Gasteiger partial charge in [0, 0.05) is 9.79 Å². The van der Waals surface area contributed by atoms with Crippen molar-refractivity contribution in [3.05, 3.63) is 83.9 Å². The fraction of sp³-hybridized carbons (Fsp3) is 0.0455. The highest BCUT2D eigenvalue weighted by Gasteiger charge is 2.26. The van der Waals surface area contributed by atoms with Crippen LogP contribution in [0.4, 0.5) is 11.4 Å². The summed E-state index contributed by atoms with van der Waals surface area (Å²) < 4.78 is 0. The number of carbonyl (C=O) groups is 1. The molecular weight excluding hydrogens is 354 g/mol. The van der Waals surface area contributed by atoms with E-state index in [0.717, 1.165) is 32.3 Å². The van der Waals surface area contributed by atoms with E-state index in [1.807, 2.05) is 79.7 Å². The molecule has 27 heavy (non-hydrogen) atoms. The molecule has 1 aliphatic heterocycles. The fourth-order valence-corrected chi connectivity index (χ4v) is 3.99. The van der Waals surface area contributed by atoms with Gasteiger partial charge in [0.2, 0.25) is 0 Å². The number of amides is 1. The first kappa shape index (κ1) is 17.2. The van der Waals surface area contributed by atoms with Crippen LogP contribution in [-0.2, 0) is 4.79 Å². The van der Waals surface area contributed by atoms with Crippen molar-refractivity contribution < 1.29 is 4.79 Å². The first-order chi connectivity index (χ1) is 13.2. The molecule has 0 spiro atoms. The number of para-hydroxylation sites is 2. The zero-order valence-corrected chi connectivity index (χ0v) is 15.6. The van der Waals surface area contributed by atoms with Gasteiger partial charge in [-0.1, -0.05) is 65.9 Å². The third kappa shape index (κ3) is 3.68. The van der Waals surface area contributed by atoms with Crippen molar-refractivity contribution in [2.45, 2.75) is 16.7 Å². The number of aryl methyl sites for hydroxylation is 1. The molecule has 0 saturated heterocycles. The van der Waals surface area contributed by atoms with Crippen LogP contribution in [0.25, 0.3) is 0 Å². The van der Waals surface area contributed by atoms with Crippen molar-refractivity contribution in [3.8, 4) is 0 Å². The van der Waals surface area contributed by atoms with E-state index in [-0.39, 0.29) is 5.91 Å². The number of anilines is 2. The van der Waals surface area contributed by atoms with Crippen molar-refractivity contribution in [2.24, 2.45) is 10.2 Å². The van der Waals surface area contributed by atoms with Crippen molar-refractivity contribution >= 4 is 41.5 Å². The second kappa shape index (κ2) is 7.60. The molecule has 0 unspecified atom stereocenters. The van der Waals surface area contributed by atoms with Crippen LogP contribution in [-0.4, -0.2) is 18.3 Å². The van der Waals surface area contributed by atoms with Crippen LogP contribution in [0.15, 0.2) is 92.8 Å². The Morgan fingerprint density at radius 2 is 1.56 bits per heavy atom. The Bertz CT molecular complexity index is 1010. The molecule has 5 heteroatoms. The molecule has 0 bridgehead atoms. The van der Waals surface area contributed by atoms with E-state index < -0.39 is 0 Å². The largest absolute Gasteiger partial charge is 0.275 e. The third-order valence-corrected chi connectivity index (χ3v) is 5.27.